The first-order chi connectivity index (χ1) is 7.36. The zero-order valence-electron chi connectivity index (χ0n) is 8.44. The van der Waals surface area contributed by atoms with Crippen LogP contribution >= 0.6 is 0 Å². The van der Waals surface area contributed by atoms with Crippen molar-refractivity contribution in [2.45, 2.75) is 6.04 Å². The second kappa shape index (κ2) is 3.16. The van der Waals surface area contributed by atoms with Crippen LogP contribution in [0.5, 0.6) is 0 Å². The molecule has 0 saturated carbocycles. The molecule has 1 fully saturated rings. The summed E-state index contributed by atoms with van der Waals surface area (Å²) in [5.41, 5.74) is 1.63. The van der Waals surface area contributed by atoms with Crippen LogP contribution in [0, 0.1) is 0 Å². The van der Waals surface area contributed by atoms with E-state index in [1.54, 1.807) is 12.7 Å². The van der Waals surface area contributed by atoms with Crippen molar-refractivity contribution in [3.63, 3.8) is 0 Å². The van der Waals surface area contributed by atoms with Crippen LogP contribution in [-0.2, 0) is 0 Å². The zero-order chi connectivity index (χ0) is 10.3. The van der Waals surface area contributed by atoms with Crippen LogP contribution in [0.2, 0.25) is 0 Å². The van der Waals surface area contributed by atoms with Crippen molar-refractivity contribution in [3.05, 3.63) is 12.7 Å². The minimum Gasteiger partial charge on any atom is -0.352 e. The van der Waals surface area contributed by atoms with Crippen molar-refractivity contribution < 1.29 is 0 Å². The summed E-state index contributed by atoms with van der Waals surface area (Å²) < 4.78 is 0. The molecule has 0 atom stereocenters. The lowest BCUT2D eigenvalue weighted by molar-refractivity contribution is 0.427. The summed E-state index contributed by atoms with van der Waals surface area (Å²) in [6.07, 6.45) is 3.21. The number of likely N-dealkylation sites (N-methyl/N-ethyl adjacent to an activating group) is 1. The standard InChI is InChI=1S/C9H12N6/c1-15(6-2-10-3-6)9-7-8(12-4-11-7)13-5-14-9/h4-6,10H,2-3H2,1H3,(H,11,12,13,14). The summed E-state index contributed by atoms with van der Waals surface area (Å²) in [5.74, 6) is 0.920. The van der Waals surface area contributed by atoms with E-state index in [1.807, 2.05) is 7.05 Å². The number of nitrogens with one attached hydrogen (secondary N) is 2. The van der Waals surface area contributed by atoms with Gasteiger partial charge < -0.3 is 15.2 Å². The lowest BCUT2D eigenvalue weighted by atomic mass is 10.1. The summed E-state index contributed by atoms with van der Waals surface area (Å²) in [4.78, 5) is 17.7. The maximum atomic E-state index is 4.30. The van der Waals surface area contributed by atoms with Gasteiger partial charge in [-0.25, -0.2) is 15.0 Å². The van der Waals surface area contributed by atoms with Gasteiger partial charge in [0, 0.05) is 20.1 Å². The van der Waals surface area contributed by atoms with Gasteiger partial charge in [-0.3, -0.25) is 0 Å². The maximum Gasteiger partial charge on any atom is 0.182 e. The van der Waals surface area contributed by atoms with E-state index >= 15 is 0 Å². The van der Waals surface area contributed by atoms with Gasteiger partial charge in [-0.1, -0.05) is 0 Å². The second-order valence-electron chi connectivity index (χ2n) is 3.72. The van der Waals surface area contributed by atoms with Crippen molar-refractivity contribution >= 4 is 17.0 Å². The minimum absolute atomic E-state index is 0.520. The van der Waals surface area contributed by atoms with E-state index in [-0.39, 0.29) is 0 Å². The van der Waals surface area contributed by atoms with Crippen LogP contribution in [0.3, 0.4) is 0 Å². The Morgan fingerprint density at radius 3 is 2.93 bits per heavy atom. The Labute approximate surface area is 86.7 Å². The monoisotopic (exact) mass is 204 g/mol. The smallest absolute Gasteiger partial charge is 0.182 e. The fourth-order valence-corrected chi connectivity index (χ4v) is 1.74. The molecule has 0 aromatic carbocycles. The van der Waals surface area contributed by atoms with Crippen molar-refractivity contribution in [1.82, 2.24) is 25.3 Å². The van der Waals surface area contributed by atoms with Crippen LogP contribution in [-0.4, -0.2) is 46.1 Å². The van der Waals surface area contributed by atoms with E-state index in [2.05, 4.69) is 30.2 Å². The number of hydrogen-bond donors (Lipinski definition) is 2. The van der Waals surface area contributed by atoms with Crippen molar-refractivity contribution in [1.29, 1.82) is 0 Å². The van der Waals surface area contributed by atoms with Crippen LogP contribution in [0.15, 0.2) is 12.7 Å². The highest BCUT2D eigenvalue weighted by molar-refractivity contribution is 5.82. The van der Waals surface area contributed by atoms with Gasteiger partial charge in [-0.2, -0.15) is 0 Å². The molecular weight excluding hydrogens is 192 g/mol. The number of H-pyrrole nitrogens is 1. The molecule has 6 nitrogen and oxygen atoms in total. The van der Waals surface area contributed by atoms with E-state index in [9.17, 15) is 0 Å². The van der Waals surface area contributed by atoms with E-state index in [0.717, 1.165) is 30.1 Å². The largest absolute Gasteiger partial charge is 0.352 e. The Morgan fingerprint density at radius 2 is 2.20 bits per heavy atom. The molecule has 78 valence electrons. The summed E-state index contributed by atoms with van der Waals surface area (Å²) in [6.45, 7) is 2.02. The first kappa shape index (κ1) is 8.60. The van der Waals surface area contributed by atoms with Crippen LogP contribution in [0.25, 0.3) is 11.2 Å². The summed E-state index contributed by atoms with van der Waals surface area (Å²) in [5, 5.41) is 3.24. The first-order valence-electron chi connectivity index (χ1n) is 4.94. The number of imidazole rings is 1. The Hall–Kier alpha value is -1.69. The van der Waals surface area contributed by atoms with Crippen molar-refractivity contribution in [3.8, 4) is 0 Å². The molecule has 2 aromatic heterocycles. The van der Waals surface area contributed by atoms with Gasteiger partial charge in [0.1, 0.15) is 11.8 Å². The number of fused-ring (bicyclic) bond motifs is 1. The molecule has 1 aliphatic rings. The molecule has 3 heterocycles. The topological polar surface area (TPSA) is 69.7 Å². The molecule has 15 heavy (non-hydrogen) atoms. The summed E-state index contributed by atoms with van der Waals surface area (Å²) in [6, 6.07) is 0.520. The Morgan fingerprint density at radius 1 is 1.33 bits per heavy atom. The van der Waals surface area contributed by atoms with E-state index in [1.165, 1.54) is 0 Å². The van der Waals surface area contributed by atoms with Gasteiger partial charge in [0.25, 0.3) is 0 Å². The Balaban J connectivity index is 2.05. The number of aromatic amines is 1. The molecule has 0 aliphatic carbocycles. The van der Waals surface area contributed by atoms with Crippen molar-refractivity contribution in [2.75, 3.05) is 25.0 Å². The molecule has 0 spiro atoms. The Kier molecular flexibility index (Phi) is 1.81. The molecule has 6 heteroatoms. The molecule has 2 aromatic rings. The number of anilines is 1. The highest BCUT2D eigenvalue weighted by Gasteiger charge is 2.24. The number of aromatic nitrogens is 4. The molecule has 1 saturated heterocycles. The average Bonchev–Trinajstić information content (AvgIpc) is 2.61. The maximum absolute atomic E-state index is 4.30. The van der Waals surface area contributed by atoms with Gasteiger partial charge >= 0.3 is 0 Å². The molecule has 2 N–H and O–H groups in total. The van der Waals surface area contributed by atoms with E-state index in [4.69, 9.17) is 0 Å². The third-order valence-electron chi connectivity index (χ3n) is 2.84. The molecule has 0 bridgehead atoms. The average molecular weight is 204 g/mol. The first-order valence-corrected chi connectivity index (χ1v) is 4.94. The minimum atomic E-state index is 0.520. The van der Waals surface area contributed by atoms with Gasteiger partial charge in [0.15, 0.2) is 11.5 Å². The zero-order valence-corrected chi connectivity index (χ0v) is 8.44. The highest BCUT2D eigenvalue weighted by Crippen LogP contribution is 2.20. The van der Waals surface area contributed by atoms with Gasteiger partial charge in [0.05, 0.1) is 12.4 Å². The molecule has 0 unspecified atom stereocenters. The predicted molar refractivity (Wildman–Crippen MR) is 56.7 cm³/mol. The fourth-order valence-electron chi connectivity index (χ4n) is 1.74. The van der Waals surface area contributed by atoms with E-state index in [0.29, 0.717) is 6.04 Å². The number of hydrogen-bond acceptors (Lipinski definition) is 5. The van der Waals surface area contributed by atoms with Gasteiger partial charge in [-0.15, -0.1) is 0 Å². The number of nitrogens with zero attached hydrogens (tertiary/aromatic N) is 4. The lowest BCUT2D eigenvalue weighted by Gasteiger charge is -2.36. The third kappa shape index (κ3) is 1.25. The lowest BCUT2D eigenvalue weighted by Crippen LogP contribution is -2.56. The predicted octanol–water partition coefficient (Wildman–Crippen LogP) is -0.239. The molecule has 0 amide bonds. The summed E-state index contributed by atoms with van der Waals surface area (Å²) >= 11 is 0. The second-order valence-corrected chi connectivity index (χ2v) is 3.72. The molecule has 3 rings (SSSR count). The van der Waals surface area contributed by atoms with E-state index < -0.39 is 0 Å². The molecule has 0 radical (unpaired) electrons. The van der Waals surface area contributed by atoms with Crippen LogP contribution < -0.4 is 10.2 Å². The Bertz CT molecular complexity index is 474. The normalized spacial score (nSPS) is 16.6. The quantitative estimate of drug-likeness (QED) is 0.706. The summed E-state index contributed by atoms with van der Waals surface area (Å²) in [7, 11) is 2.05. The molecule has 1 aliphatic heterocycles. The molecular formula is C9H12N6. The van der Waals surface area contributed by atoms with Crippen LogP contribution in [0.1, 0.15) is 0 Å². The van der Waals surface area contributed by atoms with Gasteiger partial charge in [-0.05, 0) is 0 Å². The van der Waals surface area contributed by atoms with Crippen LogP contribution in [0.4, 0.5) is 5.82 Å². The van der Waals surface area contributed by atoms with Crippen molar-refractivity contribution in [2.24, 2.45) is 0 Å². The van der Waals surface area contributed by atoms with Gasteiger partial charge in [0.2, 0.25) is 0 Å². The fraction of sp³-hybridized carbons (Fsp3) is 0.444. The number of rotatable bonds is 2. The third-order valence-corrected chi connectivity index (χ3v) is 2.84. The SMILES string of the molecule is CN(c1ncnc2nc[nH]c12)C1CNC1. The highest BCUT2D eigenvalue weighted by atomic mass is 15.3.